The fourth-order valence-electron chi connectivity index (χ4n) is 4.86. The van der Waals surface area contributed by atoms with Gasteiger partial charge in [-0.3, -0.25) is 9.69 Å². The highest BCUT2D eigenvalue weighted by Gasteiger charge is 2.19. The molecule has 2 aromatic carbocycles. The first-order valence-corrected chi connectivity index (χ1v) is 13.6. The van der Waals surface area contributed by atoms with Crippen LogP contribution in [0.3, 0.4) is 0 Å². The minimum atomic E-state index is -0.0839. The molecule has 0 aliphatic carbocycles. The molecule has 2 saturated heterocycles. The Balaban J connectivity index is 1.28. The van der Waals surface area contributed by atoms with E-state index in [2.05, 4.69) is 71.1 Å². The zero-order chi connectivity index (χ0) is 24.4. The molecular weight excluding hydrogens is 452 g/mol. The van der Waals surface area contributed by atoms with Crippen LogP contribution in [0.1, 0.15) is 57.7 Å². The quantitative estimate of drug-likeness (QED) is 0.392. The molecule has 0 spiro atoms. The molecule has 0 unspecified atom stereocenters. The molecular formula is C29H36N4OS. The van der Waals surface area contributed by atoms with Crippen LogP contribution < -0.4 is 16.0 Å². The lowest BCUT2D eigenvalue weighted by atomic mass is 10.0. The number of benzene rings is 2. The number of nitrogens with one attached hydrogen (secondary N) is 3. The van der Waals surface area contributed by atoms with Gasteiger partial charge in [-0.25, -0.2) is 0 Å². The summed E-state index contributed by atoms with van der Waals surface area (Å²) in [6, 6.07) is 17.3. The van der Waals surface area contributed by atoms with Gasteiger partial charge < -0.3 is 16.0 Å². The van der Waals surface area contributed by atoms with Crippen LogP contribution in [0.15, 0.2) is 48.5 Å². The summed E-state index contributed by atoms with van der Waals surface area (Å²) in [5.74, 6) is -0.0318. The molecule has 3 aromatic rings. The van der Waals surface area contributed by atoms with Gasteiger partial charge in [0.25, 0.3) is 5.91 Å². The highest BCUT2D eigenvalue weighted by atomic mass is 32.1. The number of aryl methyl sites for hydroxylation is 2. The number of hydrogen-bond donors (Lipinski definition) is 3. The van der Waals surface area contributed by atoms with Gasteiger partial charge in [-0.05, 0) is 93.2 Å². The van der Waals surface area contributed by atoms with Crippen molar-refractivity contribution in [2.24, 2.45) is 0 Å². The third kappa shape index (κ3) is 5.61. The zero-order valence-electron chi connectivity index (χ0n) is 21.0. The molecule has 35 heavy (non-hydrogen) atoms. The lowest BCUT2D eigenvalue weighted by molar-refractivity contribution is 0.0939. The Morgan fingerprint density at radius 3 is 2.63 bits per heavy atom. The van der Waals surface area contributed by atoms with E-state index in [0.29, 0.717) is 6.04 Å². The molecule has 3 heterocycles. The SMILES string of the molecule is Cc1ccc(NC2CNC2)cc1C(=O)N[C@H](C)c1cccc(-c2cc(C)c(CN3CCCC3)s2)c1. The van der Waals surface area contributed by atoms with Gasteiger partial charge in [0.2, 0.25) is 0 Å². The number of rotatable bonds is 8. The maximum atomic E-state index is 13.2. The monoisotopic (exact) mass is 488 g/mol. The van der Waals surface area contributed by atoms with Crippen molar-refractivity contribution in [3.05, 3.63) is 75.7 Å². The van der Waals surface area contributed by atoms with Crippen LogP contribution in [0.2, 0.25) is 0 Å². The molecule has 5 nitrogen and oxygen atoms in total. The van der Waals surface area contributed by atoms with Crippen molar-refractivity contribution >= 4 is 22.9 Å². The summed E-state index contributed by atoms with van der Waals surface area (Å²) >= 11 is 1.91. The van der Waals surface area contributed by atoms with Crippen molar-refractivity contribution in [3.8, 4) is 10.4 Å². The van der Waals surface area contributed by atoms with E-state index in [4.69, 9.17) is 0 Å². The van der Waals surface area contributed by atoms with Crippen LogP contribution in [0.25, 0.3) is 10.4 Å². The van der Waals surface area contributed by atoms with Crippen LogP contribution in [0, 0.1) is 13.8 Å². The average molecular weight is 489 g/mol. The summed E-state index contributed by atoms with van der Waals surface area (Å²) in [7, 11) is 0. The molecule has 2 fully saturated rings. The fourth-order valence-corrected chi connectivity index (χ4v) is 6.08. The second-order valence-electron chi connectivity index (χ2n) is 10.0. The summed E-state index contributed by atoms with van der Waals surface area (Å²) in [6.45, 7) is 11.7. The first-order chi connectivity index (χ1) is 17.0. The number of anilines is 1. The molecule has 2 aliphatic heterocycles. The highest BCUT2D eigenvalue weighted by molar-refractivity contribution is 7.15. The third-order valence-electron chi connectivity index (χ3n) is 7.24. The van der Waals surface area contributed by atoms with Crippen molar-refractivity contribution in [2.45, 2.75) is 52.2 Å². The number of thiophene rings is 1. The number of amides is 1. The molecule has 6 heteroatoms. The van der Waals surface area contributed by atoms with Crippen LogP contribution in [-0.4, -0.2) is 43.0 Å². The van der Waals surface area contributed by atoms with Crippen LogP contribution in [-0.2, 0) is 6.54 Å². The normalized spacial score (nSPS) is 17.2. The Morgan fingerprint density at radius 2 is 1.89 bits per heavy atom. The number of nitrogens with zero attached hydrogens (tertiary/aromatic N) is 1. The van der Waals surface area contributed by atoms with Gasteiger partial charge in [0.1, 0.15) is 0 Å². The van der Waals surface area contributed by atoms with Crippen molar-refractivity contribution in [2.75, 3.05) is 31.5 Å². The summed E-state index contributed by atoms with van der Waals surface area (Å²) < 4.78 is 0. The largest absolute Gasteiger partial charge is 0.380 e. The predicted molar refractivity (Wildman–Crippen MR) is 146 cm³/mol. The van der Waals surface area contributed by atoms with E-state index in [1.165, 1.54) is 46.8 Å². The van der Waals surface area contributed by atoms with Gasteiger partial charge in [-0.1, -0.05) is 24.3 Å². The summed E-state index contributed by atoms with van der Waals surface area (Å²) in [4.78, 5) is 18.5. The molecule has 2 aliphatic rings. The van der Waals surface area contributed by atoms with Gasteiger partial charge >= 0.3 is 0 Å². The smallest absolute Gasteiger partial charge is 0.252 e. The second-order valence-corrected chi connectivity index (χ2v) is 11.2. The van der Waals surface area contributed by atoms with E-state index in [1.807, 2.05) is 30.4 Å². The van der Waals surface area contributed by atoms with Gasteiger partial charge in [-0.15, -0.1) is 11.3 Å². The summed E-state index contributed by atoms with van der Waals surface area (Å²) in [5, 5.41) is 9.99. The minimum Gasteiger partial charge on any atom is -0.380 e. The third-order valence-corrected chi connectivity index (χ3v) is 8.51. The van der Waals surface area contributed by atoms with Crippen LogP contribution in [0.5, 0.6) is 0 Å². The first kappa shape index (κ1) is 24.0. The van der Waals surface area contributed by atoms with Crippen LogP contribution in [0.4, 0.5) is 5.69 Å². The minimum absolute atomic E-state index is 0.0318. The van der Waals surface area contributed by atoms with E-state index in [1.54, 1.807) is 0 Å². The number of carbonyl (C=O) groups excluding carboxylic acids is 1. The zero-order valence-corrected chi connectivity index (χ0v) is 21.8. The molecule has 184 valence electrons. The van der Waals surface area contributed by atoms with Crippen molar-refractivity contribution in [3.63, 3.8) is 0 Å². The number of hydrogen-bond acceptors (Lipinski definition) is 5. The Kier molecular flexibility index (Phi) is 7.23. The maximum Gasteiger partial charge on any atom is 0.252 e. The van der Waals surface area contributed by atoms with E-state index >= 15 is 0 Å². The van der Waals surface area contributed by atoms with E-state index < -0.39 is 0 Å². The van der Waals surface area contributed by atoms with Crippen molar-refractivity contribution in [1.82, 2.24) is 15.5 Å². The van der Waals surface area contributed by atoms with Gasteiger partial charge in [0.05, 0.1) is 12.1 Å². The number of likely N-dealkylation sites (tertiary alicyclic amines) is 1. The summed E-state index contributed by atoms with van der Waals surface area (Å²) in [6.07, 6.45) is 2.64. The first-order valence-electron chi connectivity index (χ1n) is 12.8. The fraction of sp³-hybridized carbons (Fsp3) is 0.414. The molecule has 0 saturated carbocycles. The second kappa shape index (κ2) is 10.5. The topological polar surface area (TPSA) is 56.4 Å². The number of carbonyl (C=O) groups is 1. The van der Waals surface area contributed by atoms with Gasteiger partial charge in [-0.2, -0.15) is 0 Å². The van der Waals surface area contributed by atoms with E-state index in [-0.39, 0.29) is 11.9 Å². The molecule has 0 bridgehead atoms. The maximum absolute atomic E-state index is 13.2. The standard InChI is InChI=1S/C29H36N4OS/c1-19-9-10-24(32-25-16-30-17-25)15-26(19)29(34)31-21(3)22-7-6-8-23(14-22)27-13-20(2)28(35-27)18-33-11-4-5-12-33/h6-10,13-15,21,25,30,32H,4-5,11-12,16-18H2,1-3H3,(H,31,34)/t21-/m1/s1. The summed E-state index contributed by atoms with van der Waals surface area (Å²) in [5.41, 5.74) is 6.44. The Morgan fingerprint density at radius 1 is 1.09 bits per heavy atom. The molecule has 1 amide bonds. The highest BCUT2D eigenvalue weighted by Crippen LogP contribution is 2.34. The predicted octanol–water partition coefficient (Wildman–Crippen LogP) is 5.50. The molecule has 1 atom stereocenters. The Hall–Kier alpha value is -2.67. The Bertz CT molecular complexity index is 1190. The van der Waals surface area contributed by atoms with Crippen LogP contribution >= 0.6 is 11.3 Å². The lowest BCUT2D eigenvalue weighted by Crippen LogP contribution is -2.51. The van der Waals surface area contributed by atoms with Crippen molar-refractivity contribution < 1.29 is 4.79 Å². The molecule has 0 radical (unpaired) electrons. The van der Waals surface area contributed by atoms with E-state index in [0.717, 1.165) is 42.0 Å². The molecule has 3 N–H and O–H groups in total. The Labute approximate surface area is 212 Å². The lowest BCUT2D eigenvalue weighted by Gasteiger charge is -2.29. The average Bonchev–Trinajstić information content (AvgIpc) is 3.47. The van der Waals surface area contributed by atoms with Crippen molar-refractivity contribution in [1.29, 1.82) is 0 Å². The van der Waals surface area contributed by atoms with Gasteiger partial charge in [0, 0.05) is 40.6 Å². The molecule has 1 aromatic heterocycles. The molecule has 5 rings (SSSR count). The van der Waals surface area contributed by atoms with Gasteiger partial charge in [0.15, 0.2) is 0 Å². The van der Waals surface area contributed by atoms with E-state index in [9.17, 15) is 4.79 Å².